The summed E-state index contributed by atoms with van der Waals surface area (Å²) < 4.78 is 0. The largest absolute Gasteiger partial charge is 0.337 e. The number of amides is 1. The van der Waals surface area contributed by atoms with E-state index in [0.29, 0.717) is 6.54 Å². The number of rotatable bonds is 2. The lowest BCUT2D eigenvalue weighted by atomic mass is 10.1. The van der Waals surface area contributed by atoms with Crippen LogP contribution in [0.2, 0.25) is 0 Å². The predicted molar refractivity (Wildman–Crippen MR) is 72.7 cm³/mol. The van der Waals surface area contributed by atoms with Crippen molar-refractivity contribution in [3.63, 3.8) is 0 Å². The topological polar surface area (TPSA) is 32.7 Å². The van der Waals surface area contributed by atoms with Crippen LogP contribution in [0.5, 0.6) is 0 Å². The summed E-state index contributed by atoms with van der Waals surface area (Å²) in [6.07, 6.45) is 8.03. The highest BCUT2D eigenvalue weighted by atomic mass is 35.5. The molecule has 98 valence electrons. The van der Waals surface area contributed by atoms with Crippen LogP contribution >= 0.6 is 11.6 Å². The van der Waals surface area contributed by atoms with Crippen LogP contribution in [0.4, 0.5) is 0 Å². The van der Waals surface area contributed by atoms with Gasteiger partial charge in [-0.3, -0.25) is 9.79 Å². The van der Waals surface area contributed by atoms with Crippen molar-refractivity contribution in [2.24, 2.45) is 4.99 Å². The van der Waals surface area contributed by atoms with E-state index in [1.807, 2.05) is 4.90 Å². The minimum Gasteiger partial charge on any atom is -0.337 e. The van der Waals surface area contributed by atoms with Gasteiger partial charge in [0.15, 0.2) is 5.17 Å². The lowest BCUT2D eigenvalue weighted by Crippen LogP contribution is -2.36. The van der Waals surface area contributed by atoms with Gasteiger partial charge in [-0.1, -0.05) is 44.2 Å². The summed E-state index contributed by atoms with van der Waals surface area (Å²) >= 11 is 5.95. The van der Waals surface area contributed by atoms with Crippen LogP contribution in [0.1, 0.15) is 51.9 Å². The van der Waals surface area contributed by atoms with Crippen LogP contribution < -0.4 is 0 Å². The fourth-order valence-electron chi connectivity index (χ4n) is 2.08. The van der Waals surface area contributed by atoms with Crippen LogP contribution in [0.15, 0.2) is 4.99 Å². The van der Waals surface area contributed by atoms with Crippen LogP contribution in [0, 0.1) is 0 Å². The molecular weight excluding hydrogens is 236 g/mol. The summed E-state index contributed by atoms with van der Waals surface area (Å²) in [5.74, 6) is -0.0888. The highest BCUT2D eigenvalue weighted by molar-refractivity contribution is 6.82. The monoisotopic (exact) mass is 258 g/mol. The third-order valence-corrected chi connectivity index (χ3v) is 3.33. The number of aliphatic imine (C=N–C) groups is 1. The average molecular weight is 259 g/mol. The van der Waals surface area contributed by atoms with Crippen molar-refractivity contribution in [3.8, 4) is 0 Å². The number of hydrogen-bond donors (Lipinski definition) is 0. The second-order valence-corrected chi connectivity index (χ2v) is 4.94. The van der Waals surface area contributed by atoms with Gasteiger partial charge in [0.05, 0.1) is 0 Å². The van der Waals surface area contributed by atoms with Gasteiger partial charge in [-0.15, -0.1) is 0 Å². The Morgan fingerprint density at radius 2 is 1.82 bits per heavy atom. The lowest BCUT2D eigenvalue weighted by molar-refractivity contribution is -0.124. The van der Waals surface area contributed by atoms with E-state index in [-0.39, 0.29) is 11.1 Å². The number of carbonyl (C=O) groups excluding carboxylic acids is 1. The van der Waals surface area contributed by atoms with Gasteiger partial charge in [0.2, 0.25) is 0 Å². The van der Waals surface area contributed by atoms with Crippen LogP contribution in [0.25, 0.3) is 0 Å². The van der Waals surface area contributed by atoms with E-state index in [4.69, 9.17) is 11.6 Å². The zero-order valence-electron chi connectivity index (χ0n) is 10.8. The molecule has 0 fully saturated rings. The molecular formula is C13H23ClN2O. The Hall–Kier alpha value is -0.570. The molecule has 4 heteroatoms. The van der Waals surface area contributed by atoms with Crippen molar-refractivity contribution in [3.05, 3.63) is 0 Å². The number of hydrogen-bond acceptors (Lipinski definition) is 2. The Morgan fingerprint density at radius 1 is 1.18 bits per heavy atom. The van der Waals surface area contributed by atoms with E-state index in [2.05, 4.69) is 11.9 Å². The number of carbonyl (C=O) groups is 1. The Kier molecular flexibility index (Phi) is 7.25. The molecule has 0 aliphatic carbocycles. The third kappa shape index (κ3) is 5.53. The maximum absolute atomic E-state index is 12.0. The normalized spacial score (nSPS) is 20.5. The fourth-order valence-corrected chi connectivity index (χ4v) is 2.29. The van der Waals surface area contributed by atoms with Gasteiger partial charge in [-0.05, 0) is 19.3 Å². The zero-order valence-corrected chi connectivity index (χ0v) is 11.5. The maximum Gasteiger partial charge on any atom is 0.283 e. The second kappa shape index (κ2) is 8.51. The maximum atomic E-state index is 12.0. The summed E-state index contributed by atoms with van der Waals surface area (Å²) in [4.78, 5) is 18.0. The van der Waals surface area contributed by atoms with Crippen molar-refractivity contribution >= 4 is 22.7 Å². The van der Waals surface area contributed by atoms with E-state index in [0.717, 1.165) is 32.4 Å². The van der Waals surface area contributed by atoms with Gasteiger partial charge in [-0.25, -0.2) is 0 Å². The first-order valence-electron chi connectivity index (χ1n) is 6.75. The molecule has 0 aromatic heterocycles. The molecule has 1 aliphatic heterocycles. The second-order valence-electron chi connectivity index (χ2n) is 4.59. The van der Waals surface area contributed by atoms with E-state index in [9.17, 15) is 4.79 Å². The van der Waals surface area contributed by atoms with Crippen molar-refractivity contribution in [2.45, 2.75) is 51.9 Å². The first-order chi connectivity index (χ1) is 8.25. The van der Waals surface area contributed by atoms with Gasteiger partial charge in [-0.2, -0.15) is 0 Å². The van der Waals surface area contributed by atoms with E-state index < -0.39 is 0 Å². The standard InChI is InChI=1S/C13H23ClN2O/c1-2-10-16-11-8-6-4-3-5-7-9-15-12(14)13(16)17/h2-11H2,1H3. The highest BCUT2D eigenvalue weighted by Gasteiger charge is 2.17. The molecule has 0 unspecified atom stereocenters. The summed E-state index contributed by atoms with van der Waals surface area (Å²) in [6.45, 7) is 4.36. The quantitative estimate of drug-likeness (QED) is 0.749. The molecule has 0 aromatic carbocycles. The highest BCUT2D eigenvalue weighted by Crippen LogP contribution is 2.09. The van der Waals surface area contributed by atoms with E-state index >= 15 is 0 Å². The van der Waals surface area contributed by atoms with Crippen molar-refractivity contribution in [2.75, 3.05) is 19.6 Å². The molecule has 1 rings (SSSR count). The summed E-state index contributed by atoms with van der Waals surface area (Å²) in [7, 11) is 0. The van der Waals surface area contributed by atoms with Gasteiger partial charge in [0, 0.05) is 19.6 Å². The molecule has 0 radical (unpaired) electrons. The molecule has 0 saturated heterocycles. The molecule has 0 spiro atoms. The van der Waals surface area contributed by atoms with Gasteiger partial charge in [0.25, 0.3) is 5.91 Å². The number of halogens is 1. The minimum absolute atomic E-state index is 0.0888. The molecule has 1 aliphatic rings. The molecule has 3 nitrogen and oxygen atoms in total. The summed E-state index contributed by atoms with van der Waals surface area (Å²) in [5, 5.41) is 0.166. The number of nitrogens with zero attached hydrogens (tertiary/aromatic N) is 2. The summed E-state index contributed by atoms with van der Waals surface area (Å²) in [6, 6.07) is 0. The molecule has 0 N–H and O–H groups in total. The average Bonchev–Trinajstić information content (AvgIpc) is 2.33. The molecule has 0 saturated carbocycles. The Morgan fingerprint density at radius 3 is 2.53 bits per heavy atom. The molecule has 1 heterocycles. The molecule has 1 amide bonds. The van der Waals surface area contributed by atoms with E-state index in [1.165, 1.54) is 25.7 Å². The minimum atomic E-state index is -0.0888. The van der Waals surface area contributed by atoms with Crippen molar-refractivity contribution in [1.82, 2.24) is 4.90 Å². The Balaban J connectivity index is 2.62. The lowest BCUT2D eigenvalue weighted by Gasteiger charge is -2.21. The first kappa shape index (κ1) is 14.5. The smallest absolute Gasteiger partial charge is 0.283 e. The third-order valence-electron chi connectivity index (χ3n) is 3.04. The van der Waals surface area contributed by atoms with Crippen molar-refractivity contribution < 1.29 is 4.79 Å². The van der Waals surface area contributed by atoms with Gasteiger partial charge < -0.3 is 4.90 Å². The fraction of sp³-hybridized carbons (Fsp3) is 0.846. The van der Waals surface area contributed by atoms with Crippen LogP contribution in [-0.2, 0) is 4.79 Å². The SMILES string of the molecule is CCCN1CCCCCCCCN=C(Cl)C1=O. The molecule has 0 aromatic rings. The van der Waals surface area contributed by atoms with Gasteiger partial charge >= 0.3 is 0 Å². The first-order valence-corrected chi connectivity index (χ1v) is 7.12. The Bertz CT molecular complexity index is 266. The molecule has 0 atom stereocenters. The summed E-state index contributed by atoms with van der Waals surface area (Å²) in [5.41, 5.74) is 0. The zero-order chi connectivity index (χ0) is 12.5. The van der Waals surface area contributed by atoms with Crippen LogP contribution in [0.3, 0.4) is 0 Å². The Labute approximate surface area is 109 Å². The van der Waals surface area contributed by atoms with Gasteiger partial charge in [0.1, 0.15) is 0 Å². The van der Waals surface area contributed by atoms with Crippen molar-refractivity contribution in [1.29, 1.82) is 0 Å². The predicted octanol–water partition coefficient (Wildman–Crippen LogP) is 3.22. The van der Waals surface area contributed by atoms with Crippen LogP contribution in [-0.4, -0.2) is 35.6 Å². The van der Waals surface area contributed by atoms with E-state index in [1.54, 1.807) is 0 Å². The molecule has 0 bridgehead atoms. The molecule has 17 heavy (non-hydrogen) atoms.